The van der Waals surface area contributed by atoms with E-state index in [1.54, 1.807) is 0 Å². The molecule has 0 N–H and O–H groups in total. The highest BCUT2D eigenvalue weighted by Gasteiger charge is 2.02. The van der Waals surface area contributed by atoms with Crippen molar-refractivity contribution < 1.29 is 19.1 Å². The van der Waals surface area contributed by atoms with E-state index in [4.69, 9.17) is 4.74 Å². The highest BCUT2D eigenvalue weighted by atomic mass is 16.5. The normalized spacial score (nSPS) is 10.6. The Bertz CT molecular complexity index is 295. The summed E-state index contributed by atoms with van der Waals surface area (Å²) < 4.78 is 9.59. The fraction of sp³-hybridized carbons (Fsp3) is 0.538. The van der Waals surface area contributed by atoms with Gasteiger partial charge in [-0.1, -0.05) is 26.5 Å². The van der Waals surface area contributed by atoms with E-state index in [1.165, 1.54) is 6.08 Å². The molecule has 102 valence electrons. The van der Waals surface area contributed by atoms with Gasteiger partial charge in [-0.25, -0.2) is 9.59 Å². The van der Waals surface area contributed by atoms with Crippen LogP contribution < -0.4 is 0 Å². The van der Waals surface area contributed by atoms with E-state index in [1.807, 2.05) is 13.8 Å². The van der Waals surface area contributed by atoms with E-state index in [0.29, 0.717) is 13.2 Å². The first kappa shape index (κ1) is 16.4. The molecule has 0 atom stereocenters. The molecule has 0 bridgehead atoms. The lowest BCUT2D eigenvalue weighted by molar-refractivity contribution is -0.140. The van der Waals surface area contributed by atoms with Gasteiger partial charge in [0.25, 0.3) is 0 Å². The van der Waals surface area contributed by atoms with Gasteiger partial charge in [0, 0.05) is 18.7 Å². The quantitative estimate of drug-likeness (QED) is 0.351. The molecule has 0 saturated carbocycles. The van der Waals surface area contributed by atoms with Gasteiger partial charge in [-0.3, -0.25) is 0 Å². The zero-order chi connectivity index (χ0) is 13.8. The van der Waals surface area contributed by atoms with Crippen LogP contribution in [-0.2, 0) is 19.1 Å². The third-order valence-corrected chi connectivity index (χ3v) is 2.25. The molecule has 18 heavy (non-hydrogen) atoms. The molecule has 0 aliphatic heterocycles. The van der Waals surface area contributed by atoms with Crippen LogP contribution in [0.5, 0.6) is 0 Å². The number of hydrogen-bond acceptors (Lipinski definition) is 5. The Hall–Kier alpha value is -1.62. The van der Waals surface area contributed by atoms with Crippen LogP contribution in [0.3, 0.4) is 0 Å². The van der Waals surface area contributed by atoms with E-state index in [9.17, 15) is 9.59 Å². The molecule has 0 amide bonds. The largest absolute Gasteiger partial charge is 0.461 e. The third kappa shape index (κ3) is 8.52. The third-order valence-electron chi connectivity index (χ3n) is 2.25. The van der Waals surface area contributed by atoms with Gasteiger partial charge in [0.2, 0.25) is 0 Å². The van der Waals surface area contributed by atoms with Crippen molar-refractivity contribution in [1.29, 1.82) is 0 Å². The first-order valence-electron chi connectivity index (χ1n) is 5.98. The SMILES string of the molecule is C=CCOC(=O)C=CC(=O)OCCN(CC)CC. The first-order chi connectivity index (χ1) is 8.63. The summed E-state index contributed by atoms with van der Waals surface area (Å²) in [5.74, 6) is -1.13. The van der Waals surface area contributed by atoms with Gasteiger partial charge in [0.15, 0.2) is 0 Å². The molecule has 0 aromatic heterocycles. The molecule has 0 spiro atoms. The molecule has 5 nitrogen and oxygen atoms in total. The van der Waals surface area contributed by atoms with Crippen molar-refractivity contribution in [3.05, 3.63) is 24.8 Å². The van der Waals surface area contributed by atoms with Crippen molar-refractivity contribution in [1.82, 2.24) is 4.90 Å². The molecule has 0 rings (SSSR count). The standard InChI is InChI=1S/C13H21NO4/c1-4-10-17-12(15)7-8-13(16)18-11-9-14(5-2)6-3/h4,7-8H,1,5-6,9-11H2,2-3H3. The maximum absolute atomic E-state index is 11.2. The maximum atomic E-state index is 11.2. The molecule has 0 aromatic rings. The summed E-state index contributed by atoms with van der Waals surface area (Å²) >= 11 is 0. The summed E-state index contributed by atoms with van der Waals surface area (Å²) in [4.78, 5) is 24.4. The van der Waals surface area contributed by atoms with Crippen molar-refractivity contribution in [3.8, 4) is 0 Å². The van der Waals surface area contributed by atoms with Gasteiger partial charge >= 0.3 is 11.9 Å². The number of carbonyl (C=O) groups is 2. The minimum absolute atomic E-state index is 0.125. The molecule has 0 radical (unpaired) electrons. The second-order valence-electron chi connectivity index (χ2n) is 3.45. The van der Waals surface area contributed by atoms with Gasteiger partial charge in [0.05, 0.1) is 0 Å². The minimum atomic E-state index is -0.587. The summed E-state index contributed by atoms with van der Waals surface area (Å²) in [5.41, 5.74) is 0. The molecular formula is C13H21NO4. The number of rotatable bonds is 9. The number of ether oxygens (including phenoxy) is 2. The van der Waals surface area contributed by atoms with Crippen molar-refractivity contribution in [3.63, 3.8) is 0 Å². The van der Waals surface area contributed by atoms with Crippen molar-refractivity contribution >= 4 is 11.9 Å². The van der Waals surface area contributed by atoms with Crippen molar-refractivity contribution in [2.75, 3.05) is 32.8 Å². The predicted molar refractivity (Wildman–Crippen MR) is 69.0 cm³/mol. The van der Waals surface area contributed by atoms with Crippen molar-refractivity contribution in [2.24, 2.45) is 0 Å². The summed E-state index contributed by atoms with van der Waals surface area (Å²) in [6, 6.07) is 0. The molecule has 0 aliphatic rings. The molecule has 5 heteroatoms. The average Bonchev–Trinajstić information content (AvgIpc) is 2.39. The number of likely N-dealkylation sites (N-methyl/N-ethyl adjacent to an activating group) is 1. The molecule has 0 unspecified atom stereocenters. The Morgan fingerprint density at radius 2 is 1.67 bits per heavy atom. The lowest BCUT2D eigenvalue weighted by atomic mass is 10.5. The Kier molecular flexibility index (Phi) is 9.58. The van der Waals surface area contributed by atoms with E-state index < -0.39 is 11.9 Å². The fourth-order valence-electron chi connectivity index (χ4n) is 1.19. The van der Waals surface area contributed by atoms with Crippen LogP contribution in [0.2, 0.25) is 0 Å². The summed E-state index contributed by atoms with van der Waals surface area (Å²) in [5, 5.41) is 0. The molecular weight excluding hydrogens is 234 g/mol. The van der Waals surface area contributed by atoms with Gasteiger partial charge < -0.3 is 14.4 Å². The summed E-state index contributed by atoms with van der Waals surface area (Å²) in [7, 11) is 0. The minimum Gasteiger partial charge on any atom is -0.461 e. The van der Waals surface area contributed by atoms with Gasteiger partial charge in [-0.2, -0.15) is 0 Å². The second-order valence-corrected chi connectivity index (χ2v) is 3.45. The lowest BCUT2D eigenvalue weighted by Crippen LogP contribution is -2.27. The number of hydrogen-bond donors (Lipinski definition) is 0. The zero-order valence-electron chi connectivity index (χ0n) is 11.1. The number of esters is 2. The van der Waals surface area contributed by atoms with Crippen molar-refractivity contribution in [2.45, 2.75) is 13.8 Å². The fourth-order valence-corrected chi connectivity index (χ4v) is 1.19. The zero-order valence-corrected chi connectivity index (χ0v) is 11.1. The topological polar surface area (TPSA) is 55.8 Å². The Balaban J connectivity index is 3.79. The van der Waals surface area contributed by atoms with Gasteiger partial charge in [0.1, 0.15) is 13.2 Å². The number of nitrogens with zero attached hydrogens (tertiary/aromatic N) is 1. The van der Waals surface area contributed by atoms with Gasteiger partial charge in [-0.15, -0.1) is 0 Å². The van der Waals surface area contributed by atoms with Crippen LogP contribution in [0.25, 0.3) is 0 Å². The molecule has 0 saturated heterocycles. The average molecular weight is 255 g/mol. The summed E-state index contributed by atoms with van der Waals surface area (Å²) in [6.45, 7) is 10.4. The molecule has 0 heterocycles. The monoisotopic (exact) mass is 255 g/mol. The first-order valence-corrected chi connectivity index (χ1v) is 5.98. The van der Waals surface area contributed by atoms with Gasteiger partial charge in [-0.05, 0) is 13.1 Å². The predicted octanol–water partition coefficient (Wildman–Crippen LogP) is 1.16. The summed E-state index contributed by atoms with van der Waals surface area (Å²) in [6.07, 6.45) is 3.56. The lowest BCUT2D eigenvalue weighted by Gasteiger charge is -2.16. The molecule has 0 aromatic carbocycles. The van der Waals surface area contributed by atoms with E-state index in [2.05, 4.69) is 16.2 Å². The van der Waals surface area contributed by atoms with Crippen LogP contribution >= 0.6 is 0 Å². The van der Waals surface area contributed by atoms with Crippen LogP contribution in [0.15, 0.2) is 24.8 Å². The highest BCUT2D eigenvalue weighted by molar-refractivity contribution is 5.91. The second kappa shape index (κ2) is 10.5. The molecule has 0 fully saturated rings. The van der Waals surface area contributed by atoms with Crippen LogP contribution in [0.4, 0.5) is 0 Å². The van der Waals surface area contributed by atoms with E-state index >= 15 is 0 Å². The van der Waals surface area contributed by atoms with Crippen LogP contribution in [0.1, 0.15) is 13.8 Å². The van der Waals surface area contributed by atoms with E-state index in [0.717, 1.165) is 25.2 Å². The smallest absolute Gasteiger partial charge is 0.331 e. The maximum Gasteiger partial charge on any atom is 0.331 e. The highest BCUT2D eigenvalue weighted by Crippen LogP contribution is 1.89. The Morgan fingerprint density at radius 1 is 1.11 bits per heavy atom. The molecule has 0 aliphatic carbocycles. The Morgan fingerprint density at radius 3 is 2.17 bits per heavy atom. The van der Waals surface area contributed by atoms with E-state index in [-0.39, 0.29) is 6.61 Å². The van der Waals surface area contributed by atoms with Crippen LogP contribution in [0, 0.1) is 0 Å². The number of carbonyl (C=O) groups excluding carboxylic acids is 2. The Labute approximate surface area is 108 Å². The van der Waals surface area contributed by atoms with Crippen LogP contribution in [-0.4, -0.2) is 49.7 Å².